The third-order valence-electron chi connectivity index (χ3n) is 18.0. The number of halogens is 9. The zero-order valence-electron chi connectivity index (χ0n) is 70.2. The fraction of sp³-hybridized carbons (Fsp3) is 0.322. The van der Waals surface area contributed by atoms with Gasteiger partial charge in [0.25, 0.3) is 17.7 Å². The second kappa shape index (κ2) is 53.7. The number of carbonyl (C=O) groups is 9. The van der Waals surface area contributed by atoms with Crippen molar-refractivity contribution in [1.82, 2.24) is 44.6 Å². The molecule has 0 bridgehead atoms. The van der Waals surface area contributed by atoms with Crippen LogP contribution in [0.2, 0.25) is 15.1 Å². The Hall–Kier alpha value is -12.9. The number of hydrogen-bond acceptors (Lipinski definition) is 27. The average Bonchev–Trinajstić information content (AvgIpc) is 0.797. The first-order valence-electron chi connectivity index (χ1n) is 39.7. The molecule has 3 aliphatic rings. The quantitative estimate of drug-likeness (QED) is 0.0101. The van der Waals surface area contributed by atoms with Crippen molar-refractivity contribution in [3.63, 3.8) is 0 Å². The van der Waals surface area contributed by atoms with Gasteiger partial charge in [-0.1, -0.05) is 54.5 Å². The number of hydrogen-bond donors (Lipinski definition) is 9. The molecule has 0 saturated carbocycles. The zero-order valence-corrected chi connectivity index (χ0v) is 72.5. The van der Waals surface area contributed by atoms with Crippen molar-refractivity contribution in [1.29, 1.82) is 0 Å². The summed E-state index contributed by atoms with van der Waals surface area (Å²) in [6.07, 6.45) is 8.36. The Morgan fingerprint density at radius 3 is 0.915 bits per heavy atom. The minimum Gasteiger partial charge on any atom is -0.491 e. The number of carboxylic acid groups (broad SMARTS) is 3. The number of Topliss-reactive ketones (excluding diaryl/α,β-unsaturated/α-hetero) is 2. The van der Waals surface area contributed by atoms with Crippen LogP contribution < -0.4 is 46.1 Å². The van der Waals surface area contributed by atoms with E-state index in [1.54, 1.807) is 36.4 Å². The Bertz CT molecular complexity index is 4980. The third kappa shape index (κ3) is 36.8. The normalized spacial score (nSPS) is 13.1. The van der Waals surface area contributed by atoms with E-state index in [-0.39, 0.29) is 75.2 Å². The molecule has 3 aromatic heterocycles. The molecule has 3 saturated heterocycles. The Morgan fingerprint density at radius 2 is 0.698 bits per heavy atom. The van der Waals surface area contributed by atoms with E-state index in [1.165, 1.54) is 94.4 Å². The predicted octanol–water partition coefficient (Wildman–Crippen LogP) is 15.2. The van der Waals surface area contributed by atoms with Crippen molar-refractivity contribution in [2.75, 3.05) is 150 Å². The molecule has 0 aliphatic carbocycles. The van der Waals surface area contributed by atoms with E-state index in [1.807, 2.05) is 0 Å². The van der Waals surface area contributed by atoms with E-state index in [2.05, 4.69) is 96.2 Å². The highest BCUT2D eigenvalue weighted by molar-refractivity contribution is 6.31. The number of fused-ring (bicyclic) bond motifs is 3. The van der Waals surface area contributed by atoms with Gasteiger partial charge in [-0.15, -0.1) is 0 Å². The Kier molecular flexibility index (Phi) is 43.0. The molecule has 42 heteroatoms. The van der Waals surface area contributed by atoms with Crippen molar-refractivity contribution in [3.05, 3.63) is 192 Å². The van der Waals surface area contributed by atoms with Crippen molar-refractivity contribution in [2.45, 2.75) is 65.7 Å². The van der Waals surface area contributed by atoms with Gasteiger partial charge in [0.2, 0.25) is 0 Å². The van der Waals surface area contributed by atoms with Crippen LogP contribution in [0.25, 0.3) is 32.7 Å². The lowest BCUT2D eigenvalue weighted by molar-refractivity contribution is -0.139. The molecule has 0 spiro atoms. The summed E-state index contributed by atoms with van der Waals surface area (Å²) >= 11 is 17.6. The van der Waals surface area contributed by atoms with Crippen LogP contribution in [-0.4, -0.2) is 231 Å². The fourth-order valence-electron chi connectivity index (χ4n) is 11.5. The number of benzene rings is 6. The summed E-state index contributed by atoms with van der Waals surface area (Å²) in [6, 6.07) is 22.2. The summed E-state index contributed by atoms with van der Waals surface area (Å²) in [7, 11) is 0. The van der Waals surface area contributed by atoms with Gasteiger partial charge in [-0.2, -0.15) is 0 Å². The Labute approximate surface area is 751 Å². The molecule has 3 amide bonds. The van der Waals surface area contributed by atoms with E-state index < -0.39 is 70.6 Å². The largest absolute Gasteiger partial charge is 0.491 e. The molecule has 3 aliphatic heterocycles. The second-order valence-corrected chi connectivity index (χ2v) is 29.3. The van der Waals surface area contributed by atoms with Gasteiger partial charge in [-0.05, 0) is 119 Å². The second-order valence-electron chi connectivity index (χ2n) is 28.0. The summed E-state index contributed by atoms with van der Waals surface area (Å²) in [4.78, 5) is 128. The molecule has 9 aromatic rings. The van der Waals surface area contributed by atoms with Crippen LogP contribution >= 0.6 is 34.8 Å². The van der Waals surface area contributed by atoms with Crippen LogP contribution in [0.15, 0.2) is 159 Å². The lowest BCUT2D eigenvalue weighted by atomic mass is 10.1. The lowest BCUT2D eigenvalue weighted by Crippen LogP contribution is -2.37. The number of aromatic nitrogens is 6. The molecule has 9 N–H and O–H groups in total. The van der Waals surface area contributed by atoms with Crippen molar-refractivity contribution in [3.8, 4) is 17.2 Å². The predicted molar refractivity (Wildman–Crippen MR) is 474 cm³/mol. The summed E-state index contributed by atoms with van der Waals surface area (Å²) in [5.41, 5.74) is 3.79. The maximum absolute atomic E-state index is 13.5. The molecule has 0 unspecified atom stereocenters. The molecule has 0 radical (unpaired) electrons. The molecule has 6 aromatic carbocycles. The maximum Gasteiger partial charge on any atom is 0.328 e. The molecule has 12 rings (SSSR count). The van der Waals surface area contributed by atoms with Gasteiger partial charge < -0.3 is 85.2 Å². The van der Waals surface area contributed by atoms with Crippen molar-refractivity contribution < 1.29 is 113 Å². The number of morpholine rings is 3. The van der Waals surface area contributed by atoms with Crippen LogP contribution in [0.3, 0.4) is 0 Å². The zero-order chi connectivity index (χ0) is 94.1. The molecule has 33 nitrogen and oxygen atoms in total. The van der Waals surface area contributed by atoms with E-state index >= 15 is 0 Å². The van der Waals surface area contributed by atoms with Gasteiger partial charge in [0.1, 0.15) is 82.7 Å². The number of ketones is 3. The van der Waals surface area contributed by atoms with Gasteiger partial charge >= 0.3 is 17.9 Å². The first-order chi connectivity index (χ1) is 61.6. The summed E-state index contributed by atoms with van der Waals surface area (Å²) in [6.45, 7) is 26.4. The van der Waals surface area contributed by atoms with Crippen LogP contribution in [0, 0.1) is 17.5 Å². The topological polar surface area (TPSA) is 429 Å². The summed E-state index contributed by atoms with van der Waals surface area (Å²) < 4.78 is 115. The number of aliphatic carboxylic acids is 3. The highest BCUT2D eigenvalue weighted by atomic mass is 35.5. The van der Waals surface area contributed by atoms with E-state index in [0.717, 1.165) is 130 Å². The smallest absolute Gasteiger partial charge is 0.328 e. The lowest BCUT2D eigenvalue weighted by Gasteiger charge is -2.26. The summed E-state index contributed by atoms with van der Waals surface area (Å²) in [5.74, 6) is -9.18. The first kappa shape index (κ1) is 103. The number of amides is 3. The molecular weight excluding hydrogens is 1760 g/mol. The van der Waals surface area contributed by atoms with Gasteiger partial charge in [-0.25, -0.2) is 61.0 Å². The molecule has 129 heavy (non-hydrogen) atoms. The minimum atomic E-state index is -1.13. The number of carboxylic acids is 3. The Morgan fingerprint density at radius 1 is 0.419 bits per heavy atom. The van der Waals surface area contributed by atoms with Crippen LogP contribution in [-0.2, 0) is 57.4 Å². The Balaban J connectivity index is 0.000000234. The average molecular weight is 1860 g/mol. The molecular formula is C87H94Cl3F6N15O18. The number of carbonyl (C=O) groups excluding carboxylic acids is 6. The molecule has 0 atom stereocenters. The molecule has 3 fully saturated rings. The number of nitrogens with zero attached hydrogens (tertiary/aromatic N) is 9. The van der Waals surface area contributed by atoms with Crippen LogP contribution in [0.1, 0.15) is 65.7 Å². The van der Waals surface area contributed by atoms with Gasteiger partial charge in [0.15, 0.2) is 23.3 Å². The monoisotopic (exact) mass is 1860 g/mol. The van der Waals surface area contributed by atoms with E-state index in [0.29, 0.717) is 104 Å². The molecule has 688 valence electrons. The number of allylic oxidation sites excluding steroid dienone is 1. The van der Waals surface area contributed by atoms with Gasteiger partial charge in [-0.3, -0.25) is 43.5 Å². The van der Waals surface area contributed by atoms with Gasteiger partial charge in [0, 0.05) is 129 Å². The number of nitrogens with one attached hydrogen (secondary N) is 6. The fourth-order valence-corrected chi connectivity index (χ4v) is 12.1. The van der Waals surface area contributed by atoms with Crippen molar-refractivity contribution >= 4 is 172 Å². The summed E-state index contributed by atoms with van der Waals surface area (Å²) in [5, 5.41) is 42.0. The highest BCUT2D eigenvalue weighted by Gasteiger charge is 2.22. The number of ether oxygens (including phenoxy) is 6. The SMILES string of the molecule is C=C(F)C(=O)Nc1cc2c(Nc3ccc(F)c(Cl)c3)ncnc2cc1OCCCN1CCOCC1.C=C(F)C(=O)Nc1cc2c(Nc3ccc(F)c(Cl)c3)ncnc2cc1OCCCN1CCOCC1.C=C(F)C(=O)Nc1cc2c(Nc3ccc(F)c(Cl)c3)ncnc2cc1OCCCN1CCOCC1.CC(=O)/C=C\C(=O)O.CC(=O)CCC(=O)O.CC(=O)CCC(=O)O. The third-order valence-corrected chi connectivity index (χ3v) is 18.9. The van der Waals surface area contributed by atoms with Gasteiger partial charge in [0.05, 0.1) is 121 Å². The maximum atomic E-state index is 13.5. The van der Waals surface area contributed by atoms with Crippen molar-refractivity contribution in [2.24, 2.45) is 0 Å². The minimum absolute atomic E-state index is 0.0458. The standard InChI is InChI=1S/3C24H24ClF2N5O3.2C5H8O3.C5H6O3/c3*1-15(26)24(33)31-21-12-17-20(13-22(21)35-8-2-5-32-6-9-34-10-7-32)28-14-29-23(17)30-16-3-4-19(27)18(25)11-16;3*1-4(6)2-3-5(7)8/h3*3-4,11-14H,1-2,5-10H2,(H,31,33)(H,28,29,30);2*2-3H2,1H3,(H,7,8);2-3H,1H3,(H,7,8)/b;;;;;3-2-. The number of anilines is 9. The van der Waals surface area contributed by atoms with E-state index in [4.69, 9.17) is 78.5 Å². The van der Waals surface area contributed by atoms with E-state index in [9.17, 15) is 69.5 Å². The number of rotatable bonds is 35. The highest BCUT2D eigenvalue weighted by Crippen LogP contribution is 2.38. The van der Waals surface area contributed by atoms with Crippen LogP contribution in [0.4, 0.5) is 77.9 Å². The molecule has 6 heterocycles. The van der Waals surface area contributed by atoms with Crippen LogP contribution in [0.5, 0.6) is 17.2 Å². The first-order valence-corrected chi connectivity index (χ1v) is 40.9.